The highest BCUT2D eigenvalue weighted by Crippen LogP contribution is 2.17. The number of ketones is 1. The van der Waals surface area contributed by atoms with Crippen LogP contribution >= 0.6 is 11.3 Å². The highest BCUT2D eigenvalue weighted by molar-refractivity contribution is 7.14. The van der Waals surface area contributed by atoms with Gasteiger partial charge in [0.1, 0.15) is 5.69 Å². The Bertz CT molecular complexity index is 452. The van der Waals surface area contributed by atoms with Crippen LogP contribution in [0, 0.1) is 0 Å². The molecule has 1 saturated heterocycles. The van der Waals surface area contributed by atoms with E-state index in [0.717, 1.165) is 19.4 Å². The molecule has 6 heteroatoms. The summed E-state index contributed by atoms with van der Waals surface area (Å²) in [6, 6.07) is 0.462. The summed E-state index contributed by atoms with van der Waals surface area (Å²) in [7, 11) is 0. The SMILES string of the molecule is CC(=O)c1csc(NC(=O)CCC2CCCCN2)n1. The van der Waals surface area contributed by atoms with Crippen LogP contribution in [0.25, 0.3) is 0 Å². The Balaban J connectivity index is 1.75. The molecule has 1 atom stereocenters. The monoisotopic (exact) mass is 281 g/mol. The second kappa shape index (κ2) is 6.77. The summed E-state index contributed by atoms with van der Waals surface area (Å²) in [5.74, 6) is -0.111. The standard InChI is InChI=1S/C13H19N3O2S/c1-9(17)11-8-19-13(15-11)16-12(18)6-5-10-4-2-3-7-14-10/h8,10,14H,2-7H2,1H3,(H,15,16,18). The molecule has 0 spiro atoms. The predicted octanol–water partition coefficient (Wildman–Crippen LogP) is 2.21. The number of rotatable bonds is 5. The molecule has 1 aromatic heterocycles. The van der Waals surface area contributed by atoms with Crippen LogP contribution in [0.4, 0.5) is 5.13 Å². The molecular formula is C13H19N3O2S. The summed E-state index contributed by atoms with van der Waals surface area (Å²) in [6.45, 7) is 2.52. The molecule has 1 aromatic rings. The van der Waals surface area contributed by atoms with E-state index in [1.165, 1.54) is 31.1 Å². The van der Waals surface area contributed by atoms with Gasteiger partial charge < -0.3 is 10.6 Å². The molecule has 1 aliphatic heterocycles. The molecule has 2 rings (SSSR count). The zero-order valence-corrected chi connectivity index (χ0v) is 11.9. The van der Waals surface area contributed by atoms with Gasteiger partial charge in [0.25, 0.3) is 0 Å². The van der Waals surface area contributed by atoms with E-state index in [-0.39, 0.29) is 11.7 Å². The molecule has 1 amide bonds. The van der Waals surface area contributed by atoms with Gasteiger partial charge in [0, 0.05) is 24.8 Å². The summed E-state index contributed by atoms with van der Waals surface area (Å²) in [4.78, 5) is 26.9. The van der Waals surface area contributed by atoms with Gasteiger partial charge in [0.15, 0.2) is 10.9 Å². The Morgan fingerprint density at radius 2 is 2.37 bits per heavy atom. The van der Waals surface area contributed by atoms with Gasteiger partial charge in [0.05, 0.1) is 0 Å². The van der Waals surface area contributed by atoms with E-state index >= 15 is 0 Å². The van der Waals surface area contributed by atoms with Crippen molar-refractivity contribution in [3.05, 3.63) is 11.1 Å². The highest BCUT2D eigenvalue weighted by Gasteiger charge is 2.15. The van der Waals surface area contributed by atoms with Crippen LogP contribution in [-0.2, 0) is 4.79 Å². The highest BCUT2D eigenvalue weighted by atomic mass is 32.1. The van der Waals surface area contributed by atoms with Gasteiger partial charge in [-0.2, -0.15) is 0 Å². The lowest BCUT2D eigenvalue weighted by molar-refractivity contribution is -0.116. The van der Waals surface area contributed by atoms with Crippen molar-refractivity contribution < 1.29 is 9.59 Å². The average molecular weight is 281 g/mol. The largest absolute Gasteiger partial charge is 0.314 e. The van der Waals surface area contributed by atoms with Gasteiger partial charge in [-0.15, -0.1) is 11.3 Å². The minimum absolute atomic E-state index is 0.0307. The molecule has 0 radical (unpaired) electrons. The fourth-order valence-corrected chi connectivity index (χ4v) is 2.92. The smallest absolute Gasteiger partial charge is 0.226 e. The lowest BCUT2D eigenvalue weighted by Crippen LogP contribution is -2.34. The van der Waals surface area contributed by atoms with Crippen molar-refractivity contribution in [1.82, 2.24) is 10.3 Å². The zero-order chi connectivity index (χ0) is 13.7. The van der Waals surface area contributed by atoms with Crippen molar-refractivity contribution in [2.45, 2.75) is 45.1 Å². The van der Waals surface area contributed by atoms with E-state index in [1.807, 2.05) is 0 Å². The topological polar surface area (TPSA) is 71.1 Å². The summed E-state index contributed by atoms with van der Waals surface area (Å²) >= 11 is 1.29. The van der Waals surface area contributed by atoms with Gasteiger partial charge in [-0.1, -0.05) is 6.42 Å². The number of nitrogens with zero attached hydrogens (tertiary/aromatic N) is 1. The van der Waals surface area contributed by atoms with Gasteiger partial charge in [-0.05, 0) is 25.8 Å². The van der Waals surface area contributed by atoms with E-state index in [1.54, 1.807) is 5.38 Å². The molecule has 0 aromatic carbocycles. The van der Waals surface area contributed by atoms with Gasteiger partial charge in [0.2, 0.25) is 5.91 Å². The van der Waals surface area contributed by atoms with Crippen molar-refractivity contribution in [3.63, 3.8) is 0 Å². The maximum atomic E-state index is 11.8. The number of carbonyl (C=O) groups excluding carboxylic acids is 2. The number of carbonyl (C=O) groups is 2. The Morgan fingerprint density at radius 3 is 3.00 bits per heavy atom. The van der Waals surface area contributed by atoms with E-state index < -0.39 is 0 Å². The maximum Gasteiger partial charge on any atom is 0.226 e. The van der Waals surface area contributed by atoms with Crippen LogP contribution in [0.3, 0.4) is 0 Å². The Kier molecular flexibility index (Phi) is 5.04. The second-order valence-electron chi connectivity index (χ2n) is 4.83. The van der Waals surface area contributed by atoms with Crippen LogP contribution in [0.1, 0.15) is 49.5 Å². The Labute approximate surface area is 116 Å². The molecule has 1 aliphatic rings. The quantitative estimate of drug-likeness (QED) is 0.812. The number of amides is 1. The molecule has 2 N–H and O–H groups in total. The fourth-order valence-electron chi connectivity index (χ4n) is 2.15. The fraction of sp³-hybridized carbons (Fsp3) is 0.615. The number of hydrogen-bond donors (Lipinski definition) is 2. The van der Waals surface area contributed by atoms with Crippen molar-refractivity contribution in [2.75, 3.05) is 11.9 Å². The van der Waals surface area contributed by atoms with Crippen molar-refractivity contribution in [3.8, 4) is 0 Å². The first-order valence-corrected chi connectivity index (χ1v) is 7.53. The summed E-state index contributed by atoms with van der Waals surface area (Å²) in [5.41, 5.74) is 0.411. The first-order chi connectivity index (χ1) is 9.15. The molecular weight excluding hydrogens is 262 g/mol. The number of Topliss-reactive ketones (excluding diaryl/α,β-unsaturated/α-hetero) is 1. The Morgan fingerprint density at radius 1 is 1.53 bits per heavy atom. The van der Waals surface area contributed by atoms with Crippen LogP contribution in [0.2, 0.25) is 0 Å². The molecule has 0 saturated carbocycles. The number of piperidine rings is 1. The average Bonchev–Trinajstić information content (AvgIpc) is 2.86. The maximum absolute atomic E-state index is 11.8. The van der Waals surface area contributed by atoms with Crippen LogP contribution in [0.5, 0.6) is 0 Å². The molecule has 1 unspecified atom stereocenters. The summed E-state index contributed by atoms with van der Waals surface area (Å²) < 4.78 is 0. The van der Waals surface area contributed by atoms with Crippen LogP contribution < -0.4 is 10.6 Å². The number of anilines is 1. The molecule has 5 nitrogen and oxygen atoms in total. The predicted molar refractivity (Wildman–Crippen MR) is 75.6 cm³/mol. The van der Waals surface area contributed by atoms with Crippen LogP contribution in [0.15, 0.2) is 5.38 Å². The van der Waals surface area contributed by atoms with E-state index in [4.69, 9.17) is 0 Å². The summed E-state index contributed by atoms with van der Waals surface area (Å²) in [6.07, 6.45) is 4.98. The second-order valence-corrected chi connectivity index (χ2v) is 5.69. The minimum Gasteiger partial charge on any atom is -0.314 e. The first kappa shape index (κ1) is 14.1. The number of hydrogen-bond acceptors (Lipinski definition) is 5. The van der Waals surface area contributed by atoms with E-state index in [0.29, 0.717) is 23.3 Å². The molecule has 1 fully saturated rings. The first-order valence-electron chi connectivity index (χ1n) is 6.65. The lowest BCUT2D eigenvalue weighted by atomic mass is 10.0. The lowest BCUT2D eigenvalue weighted by Gasteiger charge is -2.22. The van der Waals surface area contributed by atoms with Crippen molar-refractivity contribution in [1.29, 1.82) is 0 Å². The summed E-state index contributed by atoms with van der Waals surface area (Å²) in [5, 5.41) is 8.34. The molecule has 0 bridgehead atoms. The molecule has 104 valence electrons. The van der Waals surface area contributed by atoms with Crippen LogP contribution in [-0.4, -0.2) is 29.3 Å². The van der Waals surface area contributed by atoms with Crippen molar-refractivity contribution in [2.24, 2.45) is 0 Å². The van der Waals surface area contributed by atoms with E-state index in [2.05, 4.69) is 15.6 Å². The third kappa shape index (κ3) is 4.40. The Hall–Kier alpha value is -1.27. The van der Waals surface area contributed by atoms with Crippen molar-refractivity contribution >= 4 is 28.2 Å². The van der Waals surface area contributed by atoms with Gasteiger partial charge in [-0.3, -0.25) is 9.59 Å². The number of aromatic nitrogens is 1. The minimum atomic E-state index is -0.0804. The van der Waals surface area contributed by atoms with Gasteiger partial charge >= 0.3 is 0 Å². The zero-order valence-electron chi connectivity index (χ0n) is 11.1. The molecule has 19 heavy (non-hydrogen) atoms. The molecule has 2 heterocycles. The third-order valence-electron chi connectivity index (χ3n) is 3.24. The third-order valence-corrected chi connectivity index (χ3v) is 4.00. The molecule has 0 aliphatic carbocycles. The normalized spacial score (nSPS) is 19.1. The number of thiazole rings is 1. The van der Waals surface area contributed by atoms with Gasteiger partial charge in [-0.25, -0.2) is 4.98 Å². The number of nitrogens with one attached hydrogen (secondary N) is 2. The van der Waals surface area contributed by atoms with E-state index in [9.17, 15) is 9.59 Å².